The molecular formula is C15H15N3O3. The van der Waals surface area contributed by atoms with Crippen molar-refractivity contribution in [1.82, 2.24) is 5.32 Å². The molecule has 1 aromatic rings. The molecule has 0 saturated heterocycles. The van der Waals surface area contributed by atoms with E-state index in [2.05, 4.69) is 10.4 Å². The summed E-state index contributed by atoms with van der Waals surface area (Å²) in [6, 6.07) is 6.52. The average molecular weight is 285 g/mol. The van der Waals surface area contributed by atoms with Crippen LogP contribution in [0.3, 0.4) is 0 Å². The Bertz CT molecular complexity index is 658. The standard InChI is InChI=1S/C15H15N3O3/c1-11(12-7-9-16-10-8-12)17-18(20)15(19)13-5-3-4-6-14(13)21-2/h3-10,16H,1-2H3. The monoisotopic (exact) mass is 285 g/mol. The minimum Gasteiger partial charge on any atom is -0.591 e. The zero-order valence-electron chi connectivity index (χ0n) is 11.7. The predicted molar refractivity (Wildman–Crippen MR) is 77.5 cm³/mol. The van der Waals surface area contributed by atoms with Crippen LogP contribution in [-0.4, -0.2) is 17.9 Å². The molecule has 0 saturated carbocycles. The lowest BCUT2D eigenvalue weighted by atomic mass is 10.2. The maximum absolute atomic E-state index is 12.1. The van der Waals surface area contributed by atoms with Crippen molar-refractivity contribution in [3.05, 3.63) is 70.9 Å². The van der Waals surface area contributed by atoms with Gasteiger partial charge < -0.3 is 15.3 Å². The first kappa shape index (κ1) is 14.5. The Morgan fingerprint density at radius 3 is 2.62 bits per heavy atom. The Balaban J connectivity index is 2.31. The summed E-state index contributed by atoms with van der Waals surface area (Å²) < 4.78 is 5.07. The summed E-state index contributed by atoms with van der Waals surface area (Å²) in [7, 11) is 1.44. The number of rotatable bonds is 3. The molecule has 108 valence electrons. The zero-order chi connectivity index (χ0) is 15.2. The number of carbonyl (C=O) groups is 1. The van der Waals surface area contributed by atoms with Crippen molar-refractivity contribution in [1.29, 1.82) is 0 Å². The number of carbonyl (C=O) groups excluding carboxylic acids is 1. The highest BCUT2D eigenvalue weighted by Crippen LogP contribution is 2.19. The van der Waals surface area contributed by atoms with Crippen LogP contribution in [0.4, 0.5) is 0 Å². The third-order valence-corrected chi connectivity index (χ3v) is 2.89. The third kappa shape index (κ3) is 3.36. The lowest BCUT2D eigenvalue weighted by molar-refractivity contribution is -0.426. The van der Waals surface area contributed by atoms with E-state index in [-0.39, 0.29) is 10.4 Å². The molecule has 0 spiro atoms. The number of hydroxylamine groups is 1. The summed E-state index contributed by atoms with van der Waals surface area (Å²) in [6.45, 7) is 1.66. The molecule has 2 rings (SSSR count). The number of methoxy groups -OCH3 is 1. The third-order valence-electron chi connectivity index (χ3n) is 2.89. The molecule has 0 aliphatic carbocycles. The molecule has 1 N–H and O–H groups in total. The molecule has 1 aliphatic rings. The van der Waals surface area contributed by atoms with Crippen LogP contribution in [0.1, 0.15) is 17.3 Å². The van der Waals surface area contributed by atoms with E-state index >= 15 is 0 Å². The lowest BCUT2D eigenvalue weighted by Crippen LogP contribution is -2.14. The highest BCUT2D eigenvalue weighted by Gasteiger charge is 2.21. The number of ether oxygens (including phenoxy) is 1. The van der Waals surface area contributed by atoms with Gasteiger partial charge in [-0.2, -0.15) is 0 Å². The van der Waals surface area contributed by atoms with Crippen LogP contribution < -0.4 is 10.1 Å². The van der Waals surface area contributed by atoms with Crippen LogP contribution in [0, 0.1) is 5.21 Å². The lowest BCUT2D eigenvalue weighted by Gasteiger charge is -2.05. The molecule has 0 atom stereocenters. The SMILES string of the molecule is COc1ccccc1C(=O)[N+]([O-])=NC(C)=C1C=CNC=C1. The van der Waals surface area contributed by atoms with E-state index < -0.39 is 5.91 Å². The van der Waals surface area contributed by atoms with E-state index in [1.165, 1.54) is 13.2 Å². The van der Waals surface area contributed by atoms with Crippen LogP contribution in [0.5, 0.6) is 5.75 Å². The Morgan fingerprint density at radius 2 is 1.95 bits per heavy atom. The molecule has 1 heterocycles. The van der Waals surface area contributed by atoms with Gasteiger partial charge in [-0.15, -0.1) is 0 Å². The summed E-state index contributed by atoms with van der Waals surface area (Å²) in [5.74, 6) is -0.431. The molecule has 1 aromatic carbocycles. The van der Waals surface area contributed by atoms with Gasteiger partial charge in [0.25, 0.3) is 0 Å². The Labute approximate surface area is 122 Å². The van der Waals surface area contributed by atoms with Gasteiger partial charge in [0.2, 0.25) is 0 Å². The molecular weight excluding hydrogens is 270 g/mol. The minimum atomic E-state index is -0.769. The van der Waals surface area contributed by atoms with Crippen LogP contribution in [0.2, 0.25) is 0 Å². The highest BCUT2D eigenvalue weighted by molar-refractivity contribution is 5.90. The van der Waals surface area contributed by atoms with Gasteiger partial charge in [-0.3, -0.25) is 0 Å². The van der Waals surface area contributed by atoms with E-state index in [4.69, 9.17) is 4.74 Å². The molecule has 0 bridgehead atoms. The van der Waals surface area contributed by atoms with Gasteiger partial charge in [-0.1, -0.05) is 12.1 Å². The van der Waals surface area contributed by atoms with E-state index in [0.29, 0.717) is 11.4 Å². The Kier molecular flexibility index (Phi) is 4.50. The first-order chi connectivity index (χ1) is 10.1. The number of amides is 1. The van der Waals surface area contributed by atoms with Gasteiger partial charge in [0.15, 0.2) is 0 Å². The molecule has 1 amide bonds. The second-order valence-electron chi connectivity index (χ2n) is 4.25. The average Bonchev–Trinajstić information content (AvgIpc) is 2.54. The quantitative estimate of drug-likeness (QED) is 0.526. The summed E-state index contributed by atoms with van der Waals surface area (Å²) in [4.78, 5) is 12.2. The second-order valence-corrected chi connectivity index (χ2v) is 4.25. The number of allylic oxidation sites excluding steroid dienone is 4. The topological polar surface area (TPSA) is 76.8 Å². The molecule has 1 aliphatic heterocycles. The fourth-order valence-electron chi connectivity index (χ4n) is 1.79. The van der Waals surface area contributed by atoms with Crippen LogP contribution in [0.25, 0.3) is 0 Å². The van der Waals surface area contributed by atoms with Crippen LogP contribution >= 0.6 is 0 Å². The normalized spacial score (nSPS) is 13.8. The molecule has 0 aromatic heterocycles. The van der Waals surface area contributed by atoms with Gasteiger partial charge in [0.1, 0.15) is 17.0 Å². The maximum Gasteiger partial charge on any atom is 0.459 e. The van der Waals surface area contributed by atoms with Gasteiger partial charge in [-0.05, 0) is 36.1 Å². The molecule has 6 nitrogen and oxygen atoms in total. The number of para-hydroxylation sites is 1. The van der Waals surface area contributed by atoms with Gasteiger partial charge >= 0.3 is 5.91 Å². The summed E-state index contributed by atoms with van der Waals surface area (Å²) in [6.07, 6.45) is 6.96. The van der Waals surface area contributed by atoms with Crippen molar-refractivity contribution in [3.63, 3.8) is 0 Å². The summed E-state index contributed by atoms with van der Waals surface area (Å²) in [5, 5.41) is 18.6. The van der Waals surface area contributed by atoms with Gasteiger partial charge in [0, 0.05) is 23.1 Å². The van der Waals surface area contributed by atoms with Crippen molar-refractivity contribution in [2.24, 2.45) is 5.11 Å². The second kappa shape index (κ2) is 6.51. The number of dihydropyridines is 1. The van der Waals surface area contributed by atoms with Crippen molar-refractivity contribution >= 4 is 5.91 Å². The number of nitrogens with one attached hydrogen (secondary N) is 1. The predicted octanol–water partition coefficient (Wildman–Crippen LogP) is 2.70. The number of azo groups is 1. The Morgan fingerprint density at radius 1 is 1.29 bits per heavy atom. The van der Waals surface area contributed by atoms with Crippen LogP contribution in [-0.2, 0) is 0 Å². The molecule has 0 fully saturated rings. The summed E-state index contributed by atoms with van der Waals surface area (Å²) >= 11 is 0. The number of hydrogen-bond acceptors (Lipinski definition) is 5. The minimum absolute atomic E-state index is 0.0733. The molecule has 21 heavy (non-hydrogen) atoms. The van der Waals surface area contributed by atoms with Gasteiger partial charge in [0.05, 0.1) is 7.11 Å². The smallest absolute Gasteiger partial charge is 0.459 e. The molecule has 0 unspecified atom stereocenters. The first-order valence-corrected chi connectivity index (χ1v) is 6.30. The first-order valence-electron chi connectivity index (χ1n) is 6.30. The number of benzene rings is 1. The fourth-order valence-corrected chi connectivity index (χ4v) is 1.79. The number of hydrogen-bond donors (Lipinski definition) is 1. The Hall–Kier alpha value is -2.89. The van der Waals surface area contributed by atoms with E-state index in [9.17, 15) is 10.0 Å². The zero-order valence-corrected chi connectivity index (χ0v) is 11.7. The van der Waals surface area contributed by atoms with E-state index in [1.807, 2.05) is 0 Å². The number of nitrogens with zero attached hydrogens (tertiary/aromatic N) is 2. The van der Waals surface area contributed by atoms with E-state index in [0.717, 1.165) is 5.57 Å². The van der Waals surface area contributed by atoms with Crippen LogP contribution in [0.15, 0.2) is 65.2 Å². The van der Waals surface area contributed by atoms with Gasteiger partial charge in [-0.25, -0.2) is 4.79 Å². The highest BCUT2D eigenvalue weighted by atomic mass is 16.5. The summed E-state index contributed by atoms with van der Waals surface area (Å²) in [5.41, 5.74) is 1.37. The van der Waals surface area contributed by atoms with E-state index in [1.54, 1.807) is 49.7 Å². The maximum atomic E-state index is 12.1. The van der Waals surface area contributed by atoms with Crippen molar-refractivity contribution < 1.29 is 14.4 Å². The van der Waals surface area contributed by atoms with Crippen molar-refractivity contribution in [2.75, 3.05) is 7.11 Å². The van der Waals surface area contributed by atoms with Crippen molar-refractivity contribution in [2.45, 2.75) is 6.92 Å². The largest absolute Gasteiger partial charge is 0.591 e. The molecule has 0 radical (unpaired) electrons. The molecule has 6 heteroatoms. The fraction of sp³-hybridized carbons (Fsp3) is 0.133. The van der Waals surface area contributed by atoms with Crippen molar-refractivity contribution in [3.8, 4) is 5.75 Å².